The van der Waals surface area contributed by atoms with E-state index in [0.717, 1.165) is 5.57 Å². The Morgan fingerprint density at radius 1 is 0.833 bits per heavy atom. The van der Waals surface area contributed by atoms with Gasteiger partial charge in [-0.3, -0.25) is 0 Å². The summed E-state index contributed by atoms with van der Waals surface area (Å²) in [5, 5.41) is 0. The number of benzene rings is 2. The number of aryl methyl sites for hydroxylation is 1. The largest absolute Gasteiger partial charge is 0.487 e. The molecule has 2 aromatic rings. The second-order valence-electron chi connectivity index (χ2n) is 7.39. The van der Waals surface area contributed by atoms with Crippen LogP contribution >= 0.6 is 0 Å². The summed E-state index contributed by atoms with van der Waals surface area (Å²) in [5.41, 5.74) is 4.10. The maximum absolute atomic E-state index is 6.18. The van der Waals surface area contributed by atoms with Crippen molar-refractivity contribution in [3.05, 3.63) is 77.3 Å². The fourth-order valence-corrected chi connectivity index (χ4v) is 2.93. The predicted molar refractivity (Wildman–Crippen MR) is 101 cm³/mol. The summed E-state index contributed by atoms with van der Waals surface area (Å²) in [4.78, 5) is 0. The maximum Gasteiger partial charge on any atom is 0.487 e. The van der Waals surface area contributed by atoms with Crippen LogP contribution in [0.4, 0.5) is 0 Å². The molecule has 3 rings (SSSR count). The predicted octanol–water partition coefficient (Wildman–Crippen LogP) is 5.06. The first-order valence-electron chi connectivity index (χ1n) is 8.49. The van der Waals surface area contributed by atoms with Crippen molar-refractivity contribution in [3.8, 4) is 0 Å². The molecule has 0 spiro atoms. The van der Waals surface area contributed by atoms with Crippen molar-refractivity contribution in [2.75, 3.05) is 0 Å². The van der Waals surface area contributed by atoms with Crippen LogP contribution in [0.3, 0.4) is 0 Å². The molecule has 1 saturated heterocycles. The van der Waals surface area contributed by atoms with E-state index in [1.54, 1.807) is 0 Å². The van der Waals surface area contributed by atoms with Crippen LogP contribution in [-0.4, -0.2) is 18.3 Å². The summed E-state index contributed by atoms with van der Waals surface area (Å²) in [6.45, 7) is 10.5. The third-order valence-electron chi connectivity index (χ3n) is 5.09. The van der Waals surface area contributed by atoms with E-state index in [2.05, 4.69) is 89.1 Å². The second kappa shape index (κ2) is 6.23. The van der Waals surface area contributed by atoms with E-state index < -0.39 is 0 Å². The Morgan fingerprint density at radius 3 is 1.96 bits per heavy atom. The highest BCUT2D eigenvalue weighted by atomic mass is 16.7. The van der Waals surface area contributed by atoms with E-state index >= 15 is 0 Å². The second-order valence-corrected chi connectivity index (χ2v) is 7.39. The van der Waals surface area contributed by atoms with Crippen LogP contribution < -0.4 is 0 Å². The van der Waals surface area contributed by atoms with E-state index in [0.29, 0.717) is 0 Å². The number of hydrogen-bond acceptors (Lipinski definition) is 2. The van der Waals surface area contributed by atoms with Crippen LogP contribution in [0.1, 0.15) is 44.4 Å². The molecule has 2 aromatic carbocycles. The Bertz CT molecular complexity index is 731. The summed E-state index contributed by atoms with van der Waals surface area (Å²) in [6, 6.07) is 18.8. The molecule has 0 unspecified atom stereocenters. The quantitative estimate of drug-likeness (QED) is 0.736. The van der Waals surface area contributed by atoms with Gasteiger partial charge in [0.15, 0.2) is 0 Å². The first kappa shape index (κ1) is 17.0. The molecule has 0 radical (unpaired) electrons. The number of hydrogen-bond donors (Lipinski definition) is 0. The van der Waals surface area contributed by atoms with Crippen molar-refractivity contribution in [2.24, 2.45) is 0 Å². The Kier molecular flexibility index (Phi) is 4.41. The van der Waals surface area contributed by atoms with E-state index in [9.17, 15) is 0 Å². The molecule has 1 heterocycles. The molecular formula is C21H25BO2. The molecule has 1 aliphatic rings. The summed E-state index contributed by atoms with van der Waals surface area (Å²) in [5.74, 6) is 2.11. The van der Waals surface area contributed by atoms with Crippen LogP contribution in [0.15, 0.2) is 60.6 Å². The van der Waals surface area contributed by atoms with Crippen molar-refractivity contribution in [3.63, 3.8) is 0 Å². The molecule has 124 valence electrons. The molecule has 24 heavy (non-hydrogen) atoms. The molecule has 0 atom stereocenters. The highest BCUT2D eigenvalue weighted by molar-refractivity contribution is 6.53. The first-order valence-corrected chi connectivity index (χ1v) is 8.49. The van der Waals surface area contributed by atoms with Crippen molar-refractivity contribution in [1.29, 1.82) is 0 Å². The maximum atomic E-state index is 6.18. The average molecular weight is 320 g/mol. The van der Waals surface area contributed by atoms with Crippen molar-refractivity contribution in [1.82, 2.24) is 0 Å². The molecule has 2 nitrogen and oxygen atoms in total. The van der Waals surface area contributed by atoms with Crippen LogP contribution in [0, 0.1) is 6.92 Å². The third kappa shape index (κ3) is 3.19. The van der Waals surface area contributed by atoms with Gasteiger partial charge in [-0.2, -0.15) is 0 Å². The van der Waals surface area contributed by atoms with E-state index in [-0.39, 0.29) is 18.3 Å². The molecule has 3 heteroatoms. The lowest BCUT2D eigenvalue weighted by molar-refractivity contribution is 0.00578. The lowest BCUT2D eigenvalue weighted by Gasteiger charge is -2.32. The first-order chi connectivity index (χ1) is 11.3. The normalized spacial score (nSPS) is 19.5. The summed E-state index contributed by atoms with van der Waals surface area (Å²) < 4.78 is 12.4. The van der Waals surface area contributed by atoms with Gasteiger partial charge in [0.05, 0.1) is 11.2 Å². The zero-order valence-electron chi connectivity index (χ0n) is 15.2. The van der Waals surface area contributed by atoms with E-state index in [1.807, 2.05) is 6.07 Å². The third-order valence-corrected chi connectivity index (χ3v) is 5.09. The minimum absolute atomic E-state index is 0.332. The SMILES string of the molecule is Cc1ccccc1/C(=C/B1OC(C)(C)C(C)(C)O1)c1ccccc1. The zero-order chi connectivity index (χ0) is 17.4. The molecule has 0 bridgehead atoms. The smallest absolute Gasteiger partial charge is 0.400 e. The standard InChI is InChI=1S/C21H25BO2/c1-16-11-9-10-14-18(16)19(17-12-7-6-8-13-17)15-22-23-20(2,3)21(4,5)24-22/h6-15H,1-5H3/b19-15+. The number of rotatable bonds is 3. The van der Waals surface area contributed by atoms with Gasteiger partial charge in [0.25, 0.3) is 0 Å². The van der Waals surface area contributed by atoms with Crippen molar-refractivity contribution >= 4 is 12.7 Å². The molecule has 1 aliphatic heterocycles. The minimum Gasteiger partial charge on any atom is -0.400 e. The average Bonchev–Trinajstić information content (AvgIpc) is 2.74. The molecule has 0 aromatic heterocycles. The van der Waals surface area contributed by atoms with Gasteiger partial charge >= 0.3 is 7.12 Å². The van der Waals surface area contributed by atoms with Crippen LogP contribution in [-0.2, 0) is 9.31 Å². The van der Waals surface area contributed by atoms with Crippen LogP contribution in [0.5, 0.6) is 0 Å². The van der Waals surface area contributed by atoms with Crippen molar-refractivity contribution in [2.45, 2.75) is 45.8 Å². The van der Waals surface area contributed by atoms with Crippen LogP contribution in [0.2, 0.25) is 0 Å². The van der Waals surface area contributed by atoms with E-state index in [4.69, 9.17) is 9.31 Å². The Morgan fingerprint density at radius 2 is 1.38 bits per heavy atom. The molecular weight excluding hydrogens is 295 g/mol. The summed E-state index contributed by atoms with van der Waals surface area (Å²) in [7, 11) is -0.357. The highest BCUT2D eigenvalue weighted by Gasteiger charge is 2.50. The van der Waals surface area contributed by atoms with Gasteiger partial charge in [-0.05, 0) is 62.9 Å². The summed E-state index contributed by atoms with van der Waals surface area (Å²) >= 11 is 0. The minimum atomic E-state index is -0.357. The Balaban J connectivity index is 2.05. The molecule has 0 amide bonds. The molecule has 1 fully saturated rings. The topological polar surface area (TPSA) is 18.5 Å². The lowest BCUT2D eigenvalue weighted by atomic mass is 9.81. The van der Waals surface area contributed by atoms with Crippen LogP contribution in [0.25, 0.3) is 5.57 Å². The monoisotopic (exact) mass is 320 g/mol. The van der Waals surface area contributed by atoms with Gasteiger partial charge in [0.2, 0.25) is 0 Å². The fourth-order valence-electron chi connectivity index (χ4n) is 2.93. The Labute approximate surface area is 145 Å². The van der Waals surface area contributed by atoms with Gasteiger partial charge in [0, 0.05) is 0 Å². The molecule has 0 aliphatic carbocycles. The Hall–Kier alpha value is -1.84. The molecule has 0 N–H and O–H groups in total. The zero-order valence-corrected chi connectivity index (χ0v) is 15.2. The molecule has 0 saturated carbocycles. The lowest BCUT2D eigenvalue weighted by Crippen LogP contribution is -2.41. The summed E-state index contributed by atoms with van der Waals surface area (Å²) in [6.07, 6.45) is 0. The fraction of sp³-hybridized carbons (Fsp3) is 0.333. The van der Waals surface area contributed by atoms with Gasteiger partial charge < -0.3 is 9.31 Å². The highest BCUT2D eigenvalue weighted by Crippen LogP contribution is 2.38. The van der Waals surface area contributed by atoms with Gasteiger partial charge in [-0.25, -0.2) is 0 Å². The van der Waals surface area contributed by atoms with E-state index in [1.165, 1.54) is 16.7 Å². The van der Waals surface area contributed by atoms with Gasteiger partial charge in [-0.15, -0.1) is 0 Å². The van der Waals surface area contributed by atoms with Gasteiger partial charge in [0.1, 0.15) is 0 Å². The van der Waals surface area contributed by atoms with Crippen molar-refractivity contribution < 1.29 is 9.31 Å². The van der Waals surface area contributed by atoms with Gasteiger partial charge in [-0.1, -0.05) is 54.6 Å².